The smallest absolute Gasteiger partial charge is 0.341 e. The van der Waals surface area contributed by atoms with Gasteiger partial charge in [-0.05, 0) is 50.5 Å². The van der Waals surface area contributed by atoms with Crippen LogP contribution in [0.4, 0.5) is 5.82 Å². The predicted molar refractivity (Wildman–Crippen MR) is 78.9 cm³/mol. The number of anilines is 1. The highest BCUT2D eigenvalue weighted by molar-refractivity contribution is 5.94. The van der Waals surface area contributed by atoms with Crippen LogP contribution in [0.25, 0.3) is 0 Å². The van der Waals surface area contributed by atoms with Crippen LogP contribution in [0.3, 0.4) is 0 Å². The van der Waals surface area contributed by atoms with Crippen molar-refractivity contribution < 1.29 is 9.53 Å². The Labute approximate surface area is 120 Å². The Balaban J connectivity index is 2.02. The van der Waals surface area contributed by atoms with Crippen molar-refractivity contribution in [3.63, 3.8) is 0 Å². The highest BCUT2D eigenvalue weighted by Crippen LogP contribution is 2.30. The molecule has 1 aromatic rings. The number of nitrogens with one attached hydrogen (secondary N) is 1. The Morgan fingerprint density at radius 3 is 2.85 bits per heavy atom. The Morgan fingerprint density at radius 2 is 2.20 bits per heavy atom. The number of carbonyl (C=O) groups is 1. The second-order valence-electron chi connectivity index (χ2n) is 5.86. The van der Waals surface area contributed by atoms with Gasteiger partial charge in [0.05, 0.1) is 7.11 Å². The molecule has 0 aliphatic carbocycles. The summed E-state index contributed by atoms with van der Waals surface area (Å²) in [7, 11) is 3.54. The Bertz CT molecular complexity index is 468. The van der Waals surface area contributed by atoms with Crippen LogP contribution in [0.1, 0.15) is 30.1 Å². The standard InChI is InChI=1S/C15H23N3O2/c1-15(6-9-18(2)10-7-15)11-17-13-12(14(19)20-3)5-4-8-16-13/h4-5,8H,6-7,9-11H2,1-3H3,(H,16,17). The number of hydrogen-bond donors (Lipinski definition) is 1. The van der Waals surface area contributed by atoms with Crippen LogP contribution < -0.4 is 5.32 Å². The maximum atomic E-state index is 11.7. The molecule has 0 spiro atoms. The van der Waals surface area contributed by atoms with Gasteiger partial charge in [-0.1, -0.05) is 6.92 Å². The average molecular weight is 277 g/mol. The van der Waals surface area contributed by atoms with Crippen LogP contribution in [0.2, 0.25) is 0 Å². The molecule has 1 aromatic heterocycles. The third-order valence-corrected chi connectivity index (χ3v) is 4.09. The van der Waals surface area contributed by atoms with E-state index in [1.807, 2.05) is 0 Å². The van der Waals surface area contributed by atoms with E-state index in [1.165, 1.54) is 7.11 Å². The lowest BCUT2D eigenvalue weighted by Gasteiger charge is -2.38. The SMILES string of the molecule is COC(=O)c1cccnc1NCC1(C)CCN(C)CC1. The first-order valence-electron chi connectivity index (χ1n) is 7.00. The van der Waals surface area contributed by atoms with Gasteiger partial charge in [-0.15, -0.1) is 0 Å². The van der Waals surface area contributed by atoms with Crippen molar-refractivity contribution in [2.45, 2.75) is 19.8 Å². The van der Waals surface area contributed by atoms with E-state index in [9.17, 15) is 4.79 Å². The first-order valence-corrected chi connectivity index (χ1v) is 7.00. The maximum Gasteiger partial charge on any atom is 0.341 e. The fourth-order valence-electron chi connectivity index (χ4n) is 2.45. The van der Waals surface area contributed by atoms with Crippen molar-refractivity contribution in [1.82, 2.24) is 9.88 Å². The summed E-state index contributed by atoms with van der Waals surface area (Å²) in [4.78, 5) is 18.3. The second kappa shape index (κ2) is 6.22. The fourth-order valence-corrected chi connectivity index (χ4v) is 2.45. The fraction of sp³-hybridized carbons (Fsp3) is 0.600. The van der Waals surface area contributed by atoms with E-state index in [0.717, 1.165) is 32.5 Å². The number of aromatic nitrogens is 1. The summed E-state index contributed by atoms with van der Waals surface area (Å²) in [6.45, 7) is 5.34. The third-order valence-electron chi connectivity index (χ3n) is 4.09. The summed E-state index contributed by atoms with van der Waals surface area (Å²) in [6.07, 6.45) is 3.99. The molecule has 1 aliphatic heterocycles. The van der Waals surface area contributed by atoms with Crippen LogP contribution in [0, 0.1) is 5.41 Å². The zero-order valence-corrected chi connectivity index (χ0v) is 12.5. The van der Waals surface area contributed by atoms with Gasteiger partial charge in [0.25, 0.3) is 0 Å². The molecule has 0 saturated carbocycles. The number of ether oxygens (including phenoxy) is 1. The molecule has 5 heteroatoms. The van der Waals surface area contributed by atoms with Gasteiger partial charge in [-0.3, -0.25) is 0 Å². The molecule has 2 rings (SSSR count). The van der Waals surface area contributed by atoms with Gasteiger partial charge in [0.15, 0.2) is 0 Å². The van der Waals surface area contributed by atoms with Gasteiger partial charge in [0, 0.05) is 12.7 Å². The normalized spacial score (nSPS) is 18.6. The van der Waals surface area contributed by atoms with Gasteiger partial charge in [0.1, 0.15) is 11.4 Å². The van der Waals surface area contributed by atoms with Gasteiger partial charge >= 0.3 is 5.97 Å². The Hall–Kier alpha value is -1.62. The molecule has 0 aromatic carbocycles. The highest BCUT2D eigenvalue weighted by Gasteiger charge is 2.29. The molecular formula is C15H23N3O2. The largest absolute Gasteiger partial charge is 0.465 e. The monoisotopic (exact) mass is 277 g/mol. The van der Waals surface area contributed by atoms with E-state index >= 15 is 0 Å². The van der Waals surface area contributed by atoms with E-state index in [-0.39, 0.29) is 11.4 Å². The van der Waals surface area contributed by atoms with Crippen molar-refractivity contribution in [2.75, 3.05) is 39.1 Å². The lowest BCUT2D eigenvalue weighted by molar-refractivity contribution is 0.0601. The molecule has 5 nitrogen and oxygen atoms in total. The molecule has 1 N–H and O–H groups in total. The molecule has 0 radical (unpaired) electrons. The van der Waals surface area contributed by atoms with Crippen LogP contribution in [0.5, 0.6) is 0 Å². The molecule has 2 heterocycles. The van der Waals surface area contributed by atoms with Crippen molar-refractivity contribution in [3.05, 3.63) is 23.9 Å². The molecule has 0 bridgehead atoms. The lowest BCUT2D eigenvalue weighted by atomic mass is 9.80. The number of esters is 1. The van der Waals surface area contributed by atoms with E-state index in [1.54, 1.807) is 18.3 Å². The maximum absolute atomic E-state index is 11.7. The number of methoxy groups -OCH3 is 1. The van der Waals surface area contributed by atoms with E-state index in [4.69, 9.17) is 4.74 Å². The number of pyridine rings is 1. The summed E-state index contributed by atoms with van der Waals surface area (Å²) in [5.74, 6) is 0.258. The van der Waals surface area contributed by atoms with E-state index in [2.05, 4.69) is 29.2 Å². The third kappa shape index (κ3) is 3.48. The van der Waals surface area contributed by atoms with Crippen molar-refractivity contribution in [2.24, 2.45) is 5.41 Å². The summed E-state index contributed by atoms with van der Waals surface area (Å²) in [6, 6.07) is 3.48. The number of hydrogen-bond acceptors (Lipinski definition) is 5. The summed E-state index contributed by atoms with van der Waals surface area (Å²) < 4.78 is 4.78. The van der Waals surface area contributed by atoms with Gasteiger partial charge in [-0.25, -0.2) is 9.78 Å². The van der Waals surface area contributed by atoms with E-state index < -0.39 is 0 Å². The Kier molecular flexibility index (Phi) is 4.60. The van der Waals surface area contributed by atoms with Crippen LogP contribution in [0.15, 0.2) is 18.3 Å². The van der Waals surface area contributed by atoms with Crippen molar-refractivity contribution >= 4 is 11.8 Å². The molecule has 1 saturated heterocycles. The quantitative estimate of drug-likeness (QED) is 0.853. The minimum absolute atomic E-state index is 0.247. The zero-order valence-electron chi connectivity index (χ0n) is 12.5. The van der Waals surface area contributed by atoms with Crippen LogP contribution in [-0.2, 0) is 4.74 Å². The molecule has 0 amide bonds. The first kappa shape index (κ1) is 14.8. The minimum Gasteiger partial charge on any atom is -0.465 e. The zero-order chi connectivity index (χ0) is 14.6. The van der Waals surface area contributed by atoms with Crippen LogP contribution >= 0.6 is 0 Å². The molecule has 110 valence electrons. The van der Waals surface area contributed by atoms with Gasteiger partial charge in [0.2, 0.25) is 0 Å². The minimum atomic E-state index is -0.353. The number of likely N-dealkylation sites (tertiary alicyclic amines) is 1. The molecule has 0 unspecified atom stereocenters. The lowest BCUT2D eigenvalue weighted by Crippen LogP contribution is -2.40. The van der Waals surface area contributed by atoms with Crippen molar-refractivity contribution in [1.29, 1.82) is 0 Å². The molecule has 1 fully saturated rings. The highest BCUT2D eigenvalue weighted by atomic mass is 16.5. The number of carbonyl (C=O) groups excluding carboxylic acids is 1. The number of nitrogens with zero attached hydrogens (tertiary/aromatic N) is 2. The Morgan fingerprint density at radius 1 is 1.50 bits per heavy atom. The topological polar surface area (TPSA) is 54.5 Å². The summed E-state index contributed by atoms with van der Waals surface area (Å²) in [5, 5.41) is 3.32. The van der Waals surface area contributed by atoms with Gasteiger partial charge in [-0.2, -0.15) is 0 Å². The molecule has 20 heavy (non-hydrogen) atoms. The van der Waals surface area contributed by atoms with Crippen molar-refractivity contribution in [3.8, 4) is 0 Å². The second-order valence-corrected chi connectivity index (χ2v) is 5.86. The average Bonchev–Trinajstić information content (AvgIpc) is 2.48. The summed E-state index contributed by atoms with van der Waals surface area (Å²) in [5.41, 5.74) is 0.740. The van der Waals surface area contributed by atoms with Crippen LogP contribution in [-0.4, -0.2) is 49.6 Å². The number of piperidine rings is 1. The van der Waals surface area contributed by atoms with E-state index in [0.29, 0.717) is 11.4 Å². The predicted octanol–water partition coefficient (Wildman–Crippen LogP) is 2.01. The first-order chi connectivity index (χ1) is 9.54. The number of rotatable bonds is 4. The van der Waals surface area contributed by atoms with Gasteiger partial charge < -0.3 is 15.0 Å². The molecule has 0 atom stereocenters. The molecule has 1 aliphatic rings. The summed E-state index contributed by atoms with van der Waals surface area (Å²) >= 11 is 0. The molecular weight excluding hydrogens is 254 g/mol.